The van der Waals surface area contributed by atoms with Gasteiger partial charge in [-0.15, -0.1) is 0 Å². The van der Waals surface area contributed by atoms with Crippen molar-refractivity contribution < 1.29 is 9.53 Å². The highest BCUT2D eigenvalue weighted by Gasteiger charge is 2.38. The molecule has 0 aliphatic carbocycles. The van der Waals surface area contributed by atoms with Gasteiger partial charge >= 0.3 is 5.97 Å². The van der Waals surface area contributed by atoms with E-state index in [2.05, 4.69) is 16.8 Å². The van der Waals surface area contributed by atoms with Crippen molar-refractivity contribution in [2.24, 2.45) is 0 Å². The van der Waals surface area contributed by atoms with Gasteiger partial charge in [0.15, 0.2) is 0 Å². The molecule has 4 heteroatoms. The maximum atomic E-state index is 13.1. The van der Waals surface area contributed by atoms with Gasteiger partial charge < -0.3 is 9.64 Å². The molecular formula is C22H26N2O2. The summed E-state index contributed by atoms with van der Waals surface area (Å²) >= 11 is 0. The normalized spacial score (nSPS) is 23.8. The summed E-state index contributed by atoms with van der Waals surface area (Å²) in [5.41, 5.74) is 1.97. The lowest BCUT2D eigenvalue weighted by Crippen LogP contribution is -2.48. The number of carbonyl (C=O) groups is 1. The fourth-order valence-corrected chi connectivity index (χ4v) is 4.23. The molecule has 0 amide bonds. The predicted molar refractivity (Wildman–Crippen MR) is 102 cm³/mol. The minimum absolute atomic E-state index is 0.00563. The molecule has 0 saturated carbocycles. The summed E-state index contributed by atoms with van der Waals surface area (Å²) in [7, 11) is 2.16. The van der Waals surface area contributed by atoms with E-state index in [0.717, 1.165) is 43.7 Å². The summed E-state index contributed by atoms with van der Waals surface area (Å²) < 4.78 is 6.01. The van der Waals surface area contributed by atoms with Crippen molar-refractivity contribution in [2.45, 2.75) is 24.5 Å². The molecule has 0 unspecified atom stereocenters. The van der Waals surface area contributed by atoms with Crippen LogP contribution >= 0.6 is 0 Å². The van der Waals surface area contributed by atoms with Crippen LogP contribution in [0.2, 0.25) is 0 Å². The lowest BCUT2D eigenvalue weighted by atomic mass is 9.91. The van der Waals surface area contributed by atoms with Crippen LogP contribution in [0.3, 0.4) is 0 Å². The van der Waals surface area contributed by atoms with Crippen molar-refractivity contribution in [3.8, 4) is 0 Å². The molecule has 2 saturated heterocycles. The summed E-state index contributed by atoms with van der Waals surface area (Å²) in [6.45, 7) is 4.08. The van der Waals surface area contributed by atoms with Gasteiger partial charge in [0.25, 0.3) is 0 Å². The third kappa shape index (κ3) is 3.67. The van der Waals surface area contributed by atoms with E-state index in [0.29, 0.717) is 6.04 Å². The zero-order valence-corrected chi connectivity index (χ0v) is 15.3. The van der Waals surface area contributed by atoms with Crippen LogP contribution in [0.25, 0.3) is 0 Å². The van der Waals surface area contributed by atoms with Gasteiger partial charge in [0.2, 0.25) is 0 Å². The minimum Gasteiger partial charge on any atom is -0.460 e. The molecule has 2 fully saturated rings. The van der Waals surface area contributed by atoms with Gasteiger partial charge in [0, 0.05) is 38.6 Å². The Balaban J connectivity index is 1.51. The first kappa shape index (κ1) is 17.3. The Hall–Kier alpha value is -2.17. The summed E-state index contributed by atoms with van der Waals surface area (Å²) in [6, 6.07) is 20.4. The van der Waals surface area contributed by atoms with Crippen molar-refractivity contribution in [2.75, 3.05) is 33.2 Å². The van der Waals surface area contributed by atoms with Crippen molar-refractivity contribution in [3.05, 3.63) is 71.8 Å². The monoisotopic (exact) mass is 350 g/mol. The Morgan fingerprint density at radius 3 is 2.19 bits per heavy atom. The minimum atomic E-state index is -0.363. The summed E-state index contributed by atoms with van der Waals surface area (Å²) in [5, 5.41) is 0. The van der Waals surface area contributed by atoms with Crippen molar-refractivity contribution in [1.82, 2.24) is 9.80 Å². The Kier molecular flexibility index (Phi) is 5.05. The predicted octanol–water partition coefficient (Wildman–Crippen LogP) is 2.75. The molecule has 26 heavy (non-hydrogen) atoms. The van der Waals surface area contributed by atoms with Crippen LogP contribution in [-0.4, -0.2) is 61.1 Å². The molecule has 0 radical (unpaired) electrons. The average Bonchev–Trinajstić information content (AvgIpc) is 3.05. The van der Waals surface area contributed by atoms with Gasteiger partial charge in [-0.25, -0.2) is 0 Å². The first-order valence-corrected chi connectivity index (χ1v) is 9.43. The van der Waals surface area contributed by atoms with Gasteiger partial charge in [0.1, 0.15) is 12.0 Å². The van der Waals surface area contributed by atoms with Gasteiger partial charge in [-0.1, -0.05) is 60.7 Å². The maximum Gasteiger partial charge on any atom is 0.318 e. The van der Waals surface area contributed by atoms with E-state index in [1.54, 1.807) is 0 Å². The van der Waals surface area contributed by atoms with Gasteiger partial charge in [-0.05, 0) is 18.2 Å². The van der Waals surface area contributed by atoms with Crippen LogP contribution in [-0.2, 0) is 9.53 Å². The summed E-state index contributed by atoms with van der Waals surface area (Å²) in [5.74, 6) is -0.502. The van der Waals surface area contributed by atoms with E-state index in [1.807, 2.05) is 60.7 Å². The first-order valence-electron chi connectivity index (χ1n) is 9.43. The average molecular weight is 350 g/mol. The second kappa shape index (κ2) is 7.60. The zero-order valence-electron chi connectivity index (χ0n) is 15.3. The van der Waals surface area contributed by atoms with Crippen LogP contribution in [0.15, 0.2) is 60.7 Å². The highest BCUT2D eigenvalue weighted by molar-refractivity contribution is 5.82. The Morgan fingerprint density at radius 1 is 0.962 bits per heavy atom. The van der Waals surface area contributed by atoms with Crippen LogP contribution in [0.4, 0.5) is 0 Å². The van der Waals surface area contributed by atoms with Crippen LogP contribution < -0.4 is 0 Å². The molecule has 0 bridgehead atoms. The molecule has 136 valence electrons. The van der Waals surface area contributed by atoms with Crippen LogP contribution in [0, 0.1) is 0 Å². The van der Waals surface area contributed by atoms with E-state index in [1.165, 1.54) is 0 Å². The molecule has 0 spiro atoms. The van der Waals surface area contributed by atoms with Crippen molar-refractivity contribution in [3.63, 3.8) is 0 Å². The standard InChI is InChI=1S/C22H26N2O2/c1-23-12-13-24-16-20(14-19(24)15-23)26-22(25)21(17-8-4-2-5-9-17)18-10-6-3-7-11-18/h2-11,19-21H,12-16H2,1H3/t19-,20+/m0/s1. The number of nitrogens with zero attached hydrogens (tertiary/aromatic N) is 2. The number of hydrogen-bond acceptors (Lipinski definition) is 4. The number of piperazine rings is 1. The second-order valence-electron chi connectivity index (χ2n) is 7.46. The smallest absolute Gasteiger partial charge is 0.318 e. The summed E-state index contributed by atoms with van der Waals surface area (Å²) in [4.78, 5) is 18.0. The zero-order chi connectivity index (χ0) is 17.9. The maximum absolute atomic E-state index is 13.1. The molecule has 2 aliphatic heterocycles. The van der Waals surface area contributed by atoms with Crippen molar-refractivity contribution >= 4 is 5.97 Å². The quantitative estimate of drug-likeness (QED) is 0.794. The van der Waals surface area contributed by atoms with E-state index >= 15 is 0 Å². The molecule has 2 aromatic carbocycles. The van der Waals surface area contributed by atoms with E-state index in [9.17, 15) is 4.79 Å². The van der Waals surface area contributed by atoms with E-state index in [4.69, 9.17) is 4.74 Å². The molecule has 4 rings (SSSR count). The molecular weight excluding hydrogens is 324 g/mol. The Bertz CT molecular complexity index is 695. The lowest BCUT2D eigenvalue weighted by molar-refractivity contribution is -0.149. The third-order valence-corrected chi connectivity index (χ3v) is 5.57. The first-order chi connectivity index (χ1) is 12.7. The van der Waals surface area contributed by atoms with Crippen LogP contribution in [0.1, 0.15) is 23.5 Å². The topological polar surface area (TPSA) is 32.8 Å². The fraction of sp³-hybridized carbons (Fsp3) is 0.409. The number of carbonyl (C=O) groups excluding carboxylic acids is 1. The largest absolute Gasteiger partial charge is 0.460 e. The Labute approximate surface area is 155 Å². The highest BCUT2D eigenvalue weighted by atomic mass is 16.5. The molecule has 2 atom stereocenters. The Morgan fingerprint density at radius 2 is 1.58 bits per heavy atom. The highest BCUT2D eigenvalue weighted by Crippen LogP contribution is 2.29. The lowest BCUT2D eigenvalue weighted by Gasteiger charge is -2.34. The van der Waals surface area contributed by atoms with Gasteiger partial charge in [0.05, 0.1) is 0 Å². The number of hydrogen-bond donors (Lipinski definition) is 0. The van der Waals surface area contributed by atoms with E-state index in [-0.39, 0.29) is 18.0 Å². The van der Waals surface area contributed by atoms with Gasteiger partial charge in [-0.3, -0.25) is 9.69 Å². The van der Waals surface area contributed by atoms with Gasteiger partial charge in [-0.2, -0.15) is 0 Å². The molecule has 2 heterocycles. The number of benzene rings is 2. The SMILES string of the molecule is CN1CCN2C[C@H](OC(=O)C(c3ccccc3)c3ccccc3)C[C@H]2C1. The molecule has 0 N–H and O–H groups in total. The number of ether oxygens (including phenoxy) is 1. The number of rotatable bonds is 4. The molecule has 0 aromatic heterocycles. The van der Waals surface area contributed by atoms with E-state index < -0.39 is 0 Å². The third-order valence-electron chi connectivity index (χ3n) is 5.57. The fourth-order valence-electron chi connectivity index (χ4n) is 4.23. The summed E-state index contributed by atoms with van der Waals surface area (Å²) in [6.07, 6.45) is 0.931. The van der Waals surface area contributed by atoms with Crippen molar-refractivity contribution in [1.29, 1.82) is 0 Å². The molecule has 2 aromatic rings. The number of likely N-dealkylation sites (N-methyl/N-ethyl adjacent to an activating group) is 1. The number of esters is 1. The molecule has 4 nitrogen and oxygen atoms in total. The molecule has 2 aliphatic rings. The second-order valence-corrected chi connectivity index (χ2v) is 7.46. The van der Waals surface area contributed by atoms with Crippen LogP contribution in [0.5, 0.6) is 0 Å². The number of fused-ring (bicyclic) bond motifs is 1.